The SMILES string of the molecule is CCNC(CS(=O)c1ccc(Cl)c(Cl)c1)C(C)CC. The van der Waals surface area contributed by atoms with Crippen LogP contribution in [0.5, 0.6) is 0 Å². The molecule has 108 valence electrons. The Morgan fingerprint density at radius 3 is 2.47 bits per heavy atom. The average Bonchev–Trinajstić information content (AvgIpc) is 2.40. The molecule has 3 unspecified atom stereocenters. The van der Waals surface area contributed by atoms with Crippen molar-refractivity contribution in [2.45, 2.75) is 38.1 Å². The van der Waals surface area contributed by atoms with E-state index in [1.807, 2.05) is 0 Å². The molecule has 0 saturated carbocycles. The van der Waals surface area contributed by atoms with Crippen molar-refractivity contribution in [1.29, 1.82) is 0 Å². The van der Waals surface area contributed by atoms with Gasteiger partial charge in [0.2, 0.25) is 0 Å². The number of hydrogen-bond acceptors (Lipinski definition) is 2. The third kappa shape index (κ3) is 5.07. The fraction of sp³-hybridized carbons (Fsp3) is 0.571. The van der Waals surface area contributed by atoms with Gasteiger partial charge < -0.3 is 5.32 Å². The van der Waals surface area contributed by atoms with E-state index in [4.69, 9.17) is 23.2 Å². The van der Waals surface area contributed by atoms with Crippen LogP contribution in [0.25, 0.3) is 0 Å². The van der Waals surface area contributed by atoms with E-state index in [1.54, 1.807) is 18.2 Å². The third-order valence-corrected chi connectivity index (χ3v) is 5.46. The van der Waals surface area contributed by atoms with Crippen molar-refractivity contribution in [1.82, 2.24) is 5.32 Å². The highest BCUT2D eigenvalue weighted by Gasteiger charge is 2.19. The normalized spacial score (nSPS) is 16.1. The van der Waals surface area contributed by atoms with Gasteiger partial charge in [-0.1, -0.05) is 50.4 Å². The van der Waals surface area contributed by atoms with Crippen LogP contribution in [0.2, 0.25) is 10.0 Å². The van der Waals surface area contributed by atoms with Gasteiger partial charge in [0.15, 0.2) is 0 Å². The van der Waals surface area contributed by atoms with Crippen molar-refractivity contribution in [2.24, 2.45) is 5.92 Å². The zero-order valence-corrected chi connectivity index (χ0v) is 13.9. The molecule has 0 amide bonds. The highest BCUT2D eigenvalue weighted by molar-refractivity contribution is 7.85. The van der Waals surface area contributed by atoms with Crippen LogP contribution < -0.4 is 5.32 Å². The van der Waals surface area contributed by atoms with Gasteiger partial charge in [-0.2, -0.15) is 0 Å². The lowest BCUT2D eigenvalue weighted by Crippen LogP contribution is -2.39. The van der Waals surface area contributed by atoms with Crippen LogP contribution in [0, 0.1) is 5.92 Å². The Balaban J connectivity index is 2.78. The van der Waals surface area contributed by atoms with Crippen LogP contribution in [-0.4, -0.2) is 22.5 Å². The van der Waals surface area contributed by atoms with Crippen LogP contribution in [0.4, 0.5) is 0 Å². The predicted octanol–water partition coefficient (Wildman–Crippen LogP) is 4.13. The van der Waals surface area contributed by atoms with Crippen molar-refractivity contribution < 1.29 is 4.21 Å². The molecule has 1 N–H and O–H groups in total. The molecule has 0 aliphatic carbocycles. The molecule has 0 spiro atoms. The number of rotatable bonds is 7. The molecule has 1 aromatic rings. The maximum absolute atomic E-state index is 12.4. The van der Waals surface area contributed by atoms with E-state index in [9.17, 15) is 4.21 Å². The minimum atomic E-state index is -1.06. The van der Waals surface area contributed by atoms with E-state index in [0.717, 1.165) is 17.9 Å². The van der Waals surface area contributed by atoms with E-state index >= 15 is 0 Å². The lowest BCUT2D eigenvalue weighted by molar-refractivity contribution is 0.401. The second kappa shape index (κ2) is 8.25. The van der Waals surface area contributed by atoms with Gasteiger partial charge in [0.1, 0.15) is 0 Å². The maximum Gasteiger partial charge on any atom is 0.0604 e. The van der Waals surface area contributed by atoms with E-state index in [1.165, 1.54) is 0 Å². The quantitative estimate of drug-likeness (QED) is 0.818. The van der Waals surface area contributed by atoms with Gasteiger partial charge in [-0.25, -0.2) is 0 Å². The molecular weight excluding hydrogens is 301 g/mol. The Kier molecular flexibility index (Phi) is 7.37. The lowest BCUT2D eigenvalue weighted by Gasteiger charge is -2.23. The molecule has 0 radical (unpaired) electrons. The summed E-state index contributed by atoms with van der Waals surface area (Å²) >= 11 is 11.8. The Bertz CT molecular complexity index is 439. The van der Waals surface area contributed by atoms with Crippen molar-refractivity contribution in [3.8, 4) is 0 Å². The summed E-state index contributed by atoms with van der Waals surface area (Å²) in [6, 6.07) is 5.43. The Morgan fingerprint density at radius 1 is 1.26 bits per heavy atom. The summed E-state index contributed by atoms with van der Waals surface area (Å²) < 4.78 is 12.4. The van der Waals surface area contributed by atoms with Crippen molar-refractivity contribution in [3.05, 3.63) is 28.2 Å². The van der Waals surface area contributed by atoms with Crippen molar-refractivity contribution in [3.63, 3.8) is 0 Å². The fourth-order valence-electron chi connectivity index (χ4n) is 1.85. The molecule has 19 heavy (non-hydrogen) atoms. The minimum Gasteiger partial charge on any atom is -0.313 e. The number of hydrogen-bond donors (Lipinski definition) is 1. The van der Waals surface area contributed by atoms with E-state index in [2.05, 4.69) is 26.1 Å². The molecular formula is C14H21Cl2NOS. The van der Waals surface area contributed by atoms with Crippen LogP contribution in [0.1, 0.15) is 27.2 Å². The monoisotopic (exact) mass is 321 g/mol. The van der Waals surface area contributed by atoms with Gasteiger partial charge in [0.25, 0.3) is 0 Å². The molecule has 1 aromatic carbocycles. The topological polar surface area (TPSA) is 29.1 Å². The highest BCUT2D eigenvalue weighted by atomic mass is 35.5. The first-order valence-corrected chi connectivity index (χ1v) is 8.63. The average molecular weight is 322 g/mol. The largest absolute Gasteiger partial charge is 0.313 e. The Morgan fingerprint density at radius 2 is 1.95 bits per heavy atom. The van der Waals surface area contributed by atoms with Crippen molar-refractivity contribution >= 4 is 34.0 Å². The van der Waals surface area contributed by atoms with Gasteiger partial charge in [-0.05, 0) is 30.7 Å². The summed E-state index contributed by atoms with van der Waals surface area (Å²) in [7, 11) is -1.06. The fourth-order valence-corrected chi connectivity index (χ4v) is 3.65. The van der Waals surface area contributed by atoms with Gasteiger partial charge in [0.05, 0.1) is 20.8 Å². The summed E-state index contributed by atoms with van der Waals surface area (Å²) in [6.45, 7) is 7.28. The third-order valence-electron chi connectivity index (χ3n) is 3.28. The summed E-state index contributed by atoms with van der Waals surface area (Å²) in [5, 5.41) is 4.36. The number of halogens is 2. The summed E-state index contributed by atoms with van der Waals surface area (Å²) in [4.78, 5) is 0.737. The standard InChI is InChI=1S/C14H21Cl2NOS/c1-4-10(3)14(17-5-2)9-19(18)11-6-7-12(15)13(16)8-11/h6-8,10,14,17H,4-5,9H2,1-3H3. The van der Waals surface area contributed by atoms with Crippen LogP contribution in [0.15, 0.2) is 23.1 Å². The molecule has 0 aliphatic heterocycles. The molecule has 0 aromatic heterocycles. The summed E-state index contributed by atoms with van der Waals surface area (Å²) in [6.07, 6.45) is 1.07. The van der Waals surface area contributed by atoms with Gasteiger partial charge in [-0.15, -0.1) is 0 Å². The Labute approximate surface area is 128 Å². The van der Waals surface area contributed by atoms with Gasteiger partial charge >= 0.3 is 0 Å². The van der Waals surface area contributed by atoms with Crippen LogP contribution >= 0.6 is 23.2 Å². The molecule has 0 fully saturated rings. The first kappa shape index (κ1) is 17.0. The summed E-state index contributed by atoms with van der Waals surface area (Å²) in [5.74, 6) is 1.09. The van der Waals surface area contributed by atoms with Gasteiger partial charge in [-0.3, -0.25) is 4.21 Å². The second-order valence-electron chi connectivity index (χ2n) is 4.64. The van der Waals surface area contributed by atoms with E-state index in [-0.39, 0.29) is 6.04 Å². The zero-order valence-electron chi connectivity index (χ0n) is 11.6. The summed E-state index contributed by atoms with van der Waals surface area (Å²) in [5.41, 5.74) is 0. The molecule has 5 heteroatoms. The molecule has 1 rings (SSSR count). The first-order chi connectivity index (χ1) is 8.99. The predicted molar refractivity (Wildman–Crippen MR) is 84.7 cm³/mol. The molecule has 3 atom stereocenters. The van der Waals surface area contributed by atoms with E-state index in [0.29, 0.717) is 21.7 Å². The molecule has 0 heterocycles. The maximum atomic E-state index is 12.4. The molecule has 0 saturated heterocycles. The minimum absolute atomic E-state index is 0.255. The molecule has 0 bridgehead atoms. The van der Waals surface area contributed by atoms with Gasteiger partial charge in [0, 0.05) is 16.7 Å². The van der Waals surface area contributed by atoms with Crippen LogP contribution in [-0.2, 0) is 10.8 Å². The molecule has 2 nitrogen and oxygen atoms in total. The number of nitrogens with one attached hydrogen (secondary N) is 1. The Hall–Kier alpha value is -0.0900. The van der Waals surface area contributed by atoms with Crippen molar-refractivity contribution in [2.75, 3.05) is 12.3 Å². The lowest BCUT2D eigenvalue weighted by atomic mass is 10.0. The number of benzene rings is 1. The van der Waals surface area contributed by atoms with E-state index < -0.39 is 10.8 Å². The molecule has 0 aliphatic rings. The first-order valence-electron chi connectivity index (χ1n) is 6.56. The van der Waals surface area contributed by atoms with Crippen LogP contribution in [0.3, 0.4) is 0 Å². The zero-order chi connectivity index (χ0) is 14.4. The smallest absolute Gasteiger partial charge is 0.0604 e. The highest BCUT2D eigenvalue weighted by Crippen LogP contribution is 2.24. The second-order valence-corrected chi connectivity index (χ2v) is 6.95.